The number of Topliss-reactive ketones (excluding diaryl/α,β-unsaturated/α-hetero) is 1. The number of carbonyl (C=O) groups is 1. The minimum absolute atomic E-state index is 0.00933. The fourth-order valence-electron chi connectivity index (χ4n) is 3.68. The first-order chi connectivity index (χ1) is 14.8. The Kier molecular flexibility index (Phi) is 5.73. The van der Waals surface area contributed by atoms with Gasteiger partial charge in [-0.1, -0.05) is 12.1 Å². The first-order valence-electron chi connectivity index (χ1n) is 9.62. The minimum Gasteiger partial charge on any atom is -0.508 e. The number of benzene rings is 2. The summed E-state index contributed by atoms with van der Waals surface area (Å²) in [6.07, 6.45) is -7.28. The number of aliphatic hydroxyl groups excluding tert-OH is 4. The van der Waals surface area contributed by atoms with E-state index in [9.17, 15) is 35.4 Å². The van der Waals surface area contributed by atoms with Crippen molar-refractivity contribution in [1.82, 2.24) is 0 Å². The monoisotopic (exact) mass is 434 g/mol. The van der Waals surface area contributed by atoms with E-state index in [-0.39, 0.29) is 29.2 Å². The average molecular weight is 434 g/mol. The molecule has 0 amide bonds. The molecule has 1 saturated heterocycles. The van der Waals surface area contributed by atoms with Gasteiger partial charge in [0.15, 0.2) is 12.2 Å². The summed E-state index contributed by atoms with van der Waals surface area (Å²) >= 11 is 0. The zero-order chi connectivity index (χ0) is 22.3. The smallest absolute Gasteiger partial charge is 0.202 e. The van der Waals surface area contributed by atoms with Gasteiger partial charge in [-0.3, -0.25) is 4.79 Å². The van der Waals surface area contributed by atoms with Crippen LogP contribution in [0.3, 0.4) is 0 Å². The second-order valence-corrected chi connectivity index (χ2v) is 7.45. The van der Waals surface area contributed by atoms with Gasteiger partial charge in [-0.05, 0) is 17.7 Å². The van der Waals surface area contributed by atoms with Gasteiger partial charge in [0, 0.05) is 18.6 Å². The van der Waals surface area contributed by atoms with Crippen molar-refractivity contribution in [2.75, 3.05) is 6.61 Å². The molecule has 2 aliphatic heterocycles. The van der Waals surface area contributed by atoms with E-state index in [0.717, 1.165) is 6.07 Å². The number of ether oxygens (including phenoxy) is 3. The molecule has 0 aliphatic carbocycles. The number of ketones is 1. The number of rotatable bonds is 4. The van der Waals surface area contributed by atoms with Crippen LogP contribution in [-0.4, -0.2) is 73.7 Å². The van der Waals surface area contributed by atoms with Crippen LogP contribution in [0.2, 0.25) is 0 Å². The van der Waals surface area contributed by atoms with Crippen molar-refractivity contribution in [2.24, 2.45) is 0 Å². The van der Waals surface area contributed by atoms with Gasteiger partial charge in [-0.15, -0.1) is 0 Å². The molecular formula is C21H22O10. The van der Waals surface area contributed by atoms with Crippen LogP contribution in [0, 0.1) is 0 Å². The molecule has 10 nitrogen and oxygen atoms in total. The van der Waals surface area contributed by atoms with E-state index in [0.29, 0.717) is 5.56 Å². The lowest BCUT2D eigenvalue weighted by Crippen LogP contribution is -2.51. The summed E-state index contributed by atoms with van der Waals surface area (Å²) in [5.74, 6) is -1.18. The van der Waals surface area contributed by atoms with E-state index < -0.39 is 54.9 Å². The molecule has 0 saturated carbocycles. The van der Waals surface area contributed by atoms with Crippen molar-refractivity contribution in [3.8, 4) is 23.0 Å². The molecule has 0 unspecified atom stereocenters. The van der Waals surface area contributed by atoms with Crippen LogP contribution in [-0.2, 0) is 4.74 Å². The lowest BCUT2D eigenvalue weighted by atomic mass is 9.93. The van der Waals surface area contributed by atoms with Crippen molar-refractivity contribution >= 4 is 5.78 Å². The largest absolute Gasteiger partial charge is 0.508 e. The van der Waals surface area contributed by atoms with Gasteiger partial charge in [0.2, 0.25) is 12.1 Å². The standard InChI is InChI=1S/C21H22O10/c22-8-15-18(26)13(25)7-16(30-15)29-11-5-12(24)17-14(6-11)31-21(20(28)19(17)27)9-1-3-10(23)4-2-9/h1-6,13,15-16,18,20-26,28H,7-8H2/t13-,15+,16+,18-,20-,21-/m1/s1. The molecule has 6 atom stereocenters. The maximum Gasteiger partial charge on any atom is 0.202 e. The lowest BCUT2D eigenvalue weighted by Gasteiger charge is -2.36. The predicted molar refractivity (Wildman–Crippen MR) is 103 cm³/mol. The van der Waals surface area contributed by atoms with Crippen molar-refractivity contribution in [1.29, 1.82) is 0 Å². The Morgan fingerprint density at radius 1 is 1.06 bits per heavy atom. The summed E-state index contributed by atoms with van der Waals surface area (Å²) in [5, 5.41) is 59.2. The molecule has 166 valence electrons. The number of phenols is 2. The molecule has 4 rings (SSSR count). The highest BCUT2D eigenvalue weighted by atomic mass is 16.7. The molecule has 2 aliphatic rings. The predicted octanol–water partition coefficient (Wildman–Crippen LogP) is -0.0170. The molecule has 2 aromatic carbocycles. The fourth-order valence-corrected chi connectivity index (χ4v) is 3.68. The Labute approximate surface area is 176 Å². The quantitative estimate of drug-likeness (QED) is 0.385. The van der Waals surface area contributed by atoms with Gasteiger partial charge < -0.3 is 44.8 Å². The molecule has 1 fully saturated rings. The third-order valence-corrected chi connectivity index (χ3v) is 5.32. The summed E-state index contributed by atoms with van der Waals surface area (Å²) in [7, 11) is 0. The van der Waals surface area contributed by atoms with Crippen molar-refractivity contribution in [3.63, 3.8) is 0 Å². The molecule has 0 bridgehead atoms. The zero-order valence-electron chi connectivity index (χ0n) is 16.2. The van der Waals surface area contributed by atoms with Gasteiger partial charge >= 0.3 is 0 Å². The van der Waals surface area contributed by atoms with Crippen molar-refractivity contribution in [2.45, 2.75) is 43.2 Å². The average Bonchev–Trinajstić information content (AvgIpc) is 2.73. The SMILES string of the molecule is O=C1c2c(O)cc(O[C@@H]3C[C@@H](O)[C@@H](O)[C@H](CO)O3)cc2O[C@H](c2ccc(O)cc2)[C@@H]1O. The highest BCUT2D eigenvalue weighted by molar-refractivity contribution is 6.05. The highest BCUT2D eigenvalue weighted by Gasteiger charge is 2.40. The Morgan fingerprint density at radius 2 is 1.77 bits per heavy atom. The Morgan fingerprint density at radius 3 is 2.45 bits per heavy atom. The van der Waals surface area contributed by atoms with E-state index >= 15 is 0 Å². The zero-order valence-corrected chi connectivity index (χ0v) is 16.2. The Hall–Kier alpha value is -2.89. The number of hydrogen-bond acceptors (Lipinski definition) is 10. The number of phenolic OH excluding ortho intramolecular Hbond substituents is 2. The van der Waals surface area contributed by atoms with Crippen LogP contribution in [0.5, 0.6) is 23.0 Å². The van der Waals surface area contributed by atoms with Gasteiger partial charge in [-0.2, -0.15) is 0 Å². The molecule has 0 aromatic heterocycles. The van der Waals surface area contributed by atoms with Crippen LogP contribution in [0.25, 0.3) is 0 Å². The molecule has 31 heavy (non-hydrogen) atoms. The summed E-state index contributed by atoms with van der Waals surface area (Å²) < 4.78 is 16.8. The van der Waals surface area contributed by atoms with E-state index in [1.807, 2.05) is 0 Å². The van der Waals surface area contributed by atoms with Crippen LogP contribution >= 0.6 is 0 Å². The van der Waals surface area contributed by atoms with Crippen molar-refractivity contribution < 1.29 is 49.6 Å². The summed E-state index contributed by atoms with van der Waals surface area (Å²) in [5.41, 5.74) is 0.233. The Balaban J connectivity index is 1.60. The van der Waals surface area contributed by atoms with Gasteiger partial charge in [0.25, 0.3) is 0 Å². The van der Waals surface area contributed by atoms with E-state index in [4.69, 9.17) is 14.2 Å². The highest BCUT2D eigenvalue weighted by Crippen LogP contribution is 2.42. The Bertz CT molecular complexity index is 959. The third-order valence-electron chi connectivity index (χ3n) is 5.32. The molecule has 10 heteroatoms. The second kappa shape index (κ2) is 8.33. The lowest BCUT2D eigenvalue weighted by molar-refractivity contribution is -0.230. The molecule has 2 heterocycles. The second-order valence-electron chi connectivity index (χ2n) is 7.45. The summed E-state index contributed by atoms with van der Waals surface area (Å²) in [4.78, 5) is 12.7. The fraction of sp³-hybridized carbons (Fsp3) is 0.381. The molecular weight excluding hydrogens is 412 g/mol. The van der Waals surface area contributed by atoms with E-state index in [2.05, 4.69) is 0 Å². The maximum absolute atomic E-state index is 12.7. The number of fused-ring (bicyclic) bond motifs is 1. The van der Waals surface area contributed by atoms with Crippen molar-refractivity contribution in [3.05, 3.63) is 47.5 Å². The van der Waals surface area contributed by atoms with Gasteiger partial charge in [0.1, 0.15) is 40.8 Å². The van der Waals surface area contributed by atoms with Gasteiger partial charge in [-0.25, -0.2) is 0 Å². The number of hydrogen-bond donors (Lipinski definition) is 6. The van der Waals surface area contributed by atoms with Crippen LogP contribution in [0.15, 0.2) is 36.4 Å². The first kappa shape index (κ1) is 21.3. The normalized spacial score (nSPS) is 30.4. The van der Waals surface area contributed by atoms with E-state index in [1.54, 1.807) is 0 Å². The molecule has 2 aromatic rings. The molecule has 0 radical (unpaired) electrons. The van der Waals surface area contributed by atoms with Gasteiger partial charge in [0.05, 0.1) is 12.7 Å². The number of aliphatic hydroxyl groups is 4. The van der Waals surface area contributed by atoms with Crippen LogP contribution in [0.1, 0.15) is 28.4 Å². The maximum atomic E-state index is 12.7. The molecule has 0 spiro atoms. The first-order valence-corrected chi connectivity index (χ1v) is 9.62. The summed E-state index contributed by atoms with van der Waals surface area (Å²) in [6, 6.07) is 8.25. The third kappa shape index (κ3) is 4.03. The number of aromatic hydroxyl groups is 2. The minimum atomic E-state index is -1.57. The van der Waals surface area contributed by atoms with E-state index in [1.165, 1.54) is 30.3 Å². The molecule has 6 N–H and O–H groups in total. The topological polar surface area (TPSA) is 166 Å². The summed E-state index contributed by atoms with van der Waals surface area (Å²) in [6.45, 7) is -0.530. The van der Waals surface area contributed by atoms with Crippen LogP contribution < -0.4 is 9.47 Å². The number of carbonyl (C=O) groups excluding carboxylic acids is 1. The van der Waals surface area contributed by atoms with Crippen LogP contribution in [0.4, 0.5) is 0 Å².